The molecule has 0 spiro atoms. The van der Waals surface area contributed by atoms with Crippen LogP contribution in [0.25, 0.3) is 16.9 Å². The molecule has 35 heavy (non-hydrogen) atoms. The van der Waals surface area contributed by atoms with Crippen molar-refractivity contribution in [2.24, 2.45) is 0 Å². The summed E-state index contributed by atoms with van der Waals surface area (Å²) in [6.45, 7) is 3.81. The van der Waals surface area contributed by atoms with Crippen LogP contribution in [0.4, 0.5) is 4.39 Å². The number of hydrogen-bond acceptors (Lipinski definition) is 5. The Kier molecular flexibility index (Phi) is 5.95. The molecule has 1 aliphatic rings. The van der Waals surface area contributed by atoms with Crippen LogP contribution in [-0.2, 0) is 12.8 Å². The van der Waals surface area contributed by atoms with Crippen molar-refractivity contribution in [3.05, 3.63) is 86.8 Å². The van der Waals surface area contributed by atoms with Gasteiger partial charge in [-0.3, -0.25) is 9.36 Å². The molecule has 0 radical (unpaired) electrons. The Morgan fingerprint density at radius 2 is 2.00 bits per heavy atom. The smallest absolute Gasteiger partial charge is 0.259 e. The van der Waals surface area contributed by atoms with E-state index in [1.807, 2.05) is 13.0 Å². The Morgan fingerprint density at radius 1 is 1.23 bits per heavy atom. The van der Waals surface area contributed by atoms with E-state index in [0.29, 0.717) is 58.7 Å². The molecule has 4 aromatic rings. The van der Waals surface area contributed by atoms with Gasteiger partial charge in [-0.2, -0.15) is 15.3 Å². The molecule has 2 aromatic carbocycles. The number of nitrogens with zero attached hydrogens (tertiary/aromatic N) is 5. The van der Waals surface area contributed by atoms with Crippen molar-refractivity contribution >= 4 is 5.78 Å². The summed E-state index contributed by atoms with van der Waals surface area (Å²) in [6, 6.07) is 14.0. The number of aliphatic hydroxyl groups excluding tert-OH is 1. The molecule has 1 fully saturated rings. The van der Waals surface area contributed by atoms with Gasteiger partial charge in [-0.05, 0) is 55.0 Å². The molecule has 0 bridgehead atoms. The molecule has 0 unspecified atom stereocenters. The van der Waals surface area contributed by atoms with Crippen LogP contribution >= 0.6 is 0 Å². The van der Waals surface area contributed by atoms with E-state index in [9.17, 15) is 15.2 Å². The molecule has 0 amide bonds. The fraction of sp³-hybridized carbons (Fsp3) is 0.333. The summed E-state index contributed by atoms with van der Waals surface area (Å²) >= 11 is 0. The highest BCUT2D eigenvalue weighted by Gasteiger charge is 2.33. The quantitative estimate of drug-likeness (QED) is 0.456. The van der Waals surface area contributed by atoms with Gasteiger partial charge in [0, 0.05) is 18.0 Å². The van der Waals surface area contributed by atoms with Crippen LogP contribution in [-0.4, -0.2) is 30.4 Å². The molecular formula is C27H26FN5O2. The summed E-state index contributed by atoms with van der Waals surface area (Å²) in [7, 11) is 0. The zero-order valence-corrected chi connectivity index (χ0v) is 19.7. The summed E-state index contributed by atoms with van der Waals surface area (Å²) < 4.78 is 18.7. The minimum atomic E-state index is -0.434. The number of aromatic nitrogens is 4. The van der Waals surface area contributed by atoms with Crippen molar-refractivity contribution in [3.63, 3.8) is 0 Å². The first-order chi connectivity index (χ1) is 16.9. The highest BCUT2D eigenvalue weighted by atomic mass is 19.1. The molecule has 8 heteroatoms. The van der Waals surface area contributed by atoms with E-state index in [1.165, 1.54) is 6.07 Å². The average molecular weight is 472 g/mol. The van der Waals surface area contributed by atoms with Gasteiger partial charge in [0.2, 0.25) is 5.78 Å². The molecule has 2 heterocycles. The summed E-state index contributed by atoms with van der Waals surface area (Å²) in [5, 5.41) is 23.8. The first kappa shape index (κ1) is 22.9. The second-order valence-corrected chi connectivity index (χ2v) is 9.14. The van der Waals surface area contributed by atoms with Crippen molar-refractivity contribution in [1.82, 2.24) is 19.2 Å². The van der Waals surface area contributed by atoms with E-state index in [4.69, 9.17) is 0 Å². The van der Waals surface area contributed by atoms with Gasteiger partial charge in [-0.15, -0.1) is 0 Å². The summed E-state index contributed by atoms with van der Waals surface area (Å²) in [6.07, 6.45) is 2.04. The fourth-order valence-corrected chi connectivity index (χ4v) is 4.88. The molecule has 1 aliphatic carbocycles. The second-order valence-electron chi connectivity index (χ2n) is 9.14. The fourth-order valence-electron chi connectivity index (χ4n) is 4.88. The van der Waals surface area contributed by atoms with Crippen LogP contribution in [0.15, 0.2) is 47.3 Å². The van der Waals surface area contributed by atoms with Gasteiger partial charge in [-0.25, -0.2) is 8.91 Å². The van der Waals surface area contributed by atoms with Crippen LogP contribution in [0.1, 0.15) is 60.4 Å². The third kappa shape index (κ3) is 4.02. The Hall–Kier alpha value is -3.83. The lowest BCUT2D eigenvalue weighted by atomic mass is 9.89. The lowest BCUT2D eigenvalue weighted by Gasteiger charge is -2.33. The molecule has 5 rings (SSSR count). The maximum Gasteiger partial charge on any atom is 0.259 e. The molecule has 0 aliphatic heterocycles. The predicted octanol–water partition coefficient (Wildman–Crippen LogP) is 4.12. The molecule has 2 aromatic heterocycles. The zero-order valence-electron chi connectivity index (χ0n) is 19.7. The number of halogens is 1. The average Bonchev–Trinajstić information content (AvgIpc) is 3.22. The summed E-state index contributed by atoms with van der Waals surface area (Å²) in [4.78, 5) is 18.3. The molecule has 1 saturated carbocycles. The number of hydrogen-bond donors (Lipinski definition) is 1. The molecular weight excluding hydrogens is 445 g/mol. The van der Waals surface area contributed by atoms with Crippen molar-refractivity contribution < 1.29 is 9.50 Å². The molecule has 1 N–H and O–H groups in total. The summed E-state index contributed by atoms with van der Waals surface area (Å²) in [5.74, 6) is 0.595. The Morgan fingerprint density at radius 3 is 2.69 bits per heavy atom. The van der Waals surface area contributed by atoms with Crippen LogP contribution in [0.5, 0.6) is 0 Å². The van der Waals surface area contributed by atoms with Crippen LogP contribution in [0.2, 0.25) is 0 Å². The Labute approximate surface area is 202 Å². The van der Waals surface area contributed by atoms with Gasteiger partial charge < -0.3 is 5.11 Å². The van der Waals surface area contributed by atoms with Crippen LogP contribution in [0, 0.1) is 24.1 Å². The van der Waals surface area contributed by atoms with E-state index in [1.54, 1.807) is 46.3 Å². The number of benzene rings is 2. The van der Waals surface area contributed by atoms with Crippen molar-refractivity contribution in [1.29, 1.82) is 5.26 Å². The first-order valence-electron chi connectivity index (χ1n) is 11.9. The highest BCUT2D eigenvalue weighted by Crippen LogP contribution is 2.33. The molecule has 0 saturated heterocycles. The third-order valence-corrected chi connectivity index (χ3v) is 6.71. The third-order valence-electron chi connectivity index (χ3n) is 6.71. The van der Waals surface area contributed by atoms with Gasteiger partial charge >= 0.3 is 0 Å². The SMILES string of the molecule is CCCc1c(Cc2ccc(-c3ccccc3C#N)cc2F)c(=O)n([C@H]2C[C@@H](O)C2)c2nc(C)nn12. The Balaban J connectivity index is 1.62. The zero-order chi connectivity index (χ0) is 24.7. The van der Waals surface area contributed by atoms with Gasteiger partial charge in [0.05, 0.1) is 23.4 Å². The predicted molar refractivity (Wildman–Crippen MR) is 130 cm³/mol. The minimum Gasteiger partial charge on any atom is -0.393 e. The number of aliphatic hydroxyl groups is 1. The number of aryl methyl sites for hydroxylation is 2. The van der Waals surface area contributed by atoms with E-state index < -0.39 is 11.9 Å². The van der Waals surface area contributed by atoms with Crippen molar-refractivity contribution in [3.8, 4) is 17.2 Å². The molecule has 7 nitrogen and oxygen atoms in total. The topological polar surface area (TPSA) is 96.2 Å². The lowest BCUT2D eigenvalue weighted by molar-refractivity contribution is 0.0481. The Bertz CT molecular complexity index is 1530. The van der Waals surface area contributed by atoms with E-state index in [2.05, 4.69) is 16.2 Å². The normalized spacial score (nSPS) is 17.3. The monoisotopic (exact) mass is 471 g/mol. The van der Waals surface area contributed by atoms with Gasteiger partial charge in [0.25, 0.3) is 5.56 Å². The maximum absolute atomic E-state index is 15.4. The summed E-state index contributed by atoms with van der Waals surface area (Å²) in [5.41, 5.74) is 3.18. The molecule has 178 valence electrons. The van der Waals surface area contributed by atoms with Crippen molar-refractivity contribution in [2.75, 3.05) is 0 Å². The lowest BCUT2D eigenvalue weighted by Crippen LogP contribution is -2.40. The van der Waals surface area contributed by atoms with E-state index in [-0.39, 0.29) is 18.0 Å². The minimum absolute atomic E-state index is 0.115. The van der Waals surface area contributed by atoms with Gasteiger partial charge in [-0.1, -0.05) is 43.7 Å². The highest BCUT2D eigenvalue weighted by molar-refractivity contribution is 5.70. The van der Waals surface area contributed by atoms with Crippen LogP contribution < -0.4 is 5.56 Å². The number of rotatable bonds is 6. The maximum atomic E-state index is 15.4. The standard InChI is InChI=1S/C27H26FN5O2/c1-3-6-25-23(26(35)32(20-13-21(34)14-20)27-30-16(2)31-33(25)27)11-18-10-9-17(12-24(18)28)22-8-5-4-7-19(22)15-29/h4-5,7-10,12,20-21,34H,3,6,11,13-14H2,1-2H3/t20-,21+. The number of fused-ring (bicyclic) bond motifs is 1. The van der Waals surface area contributed by atoms with E-state index >= 15 is 4.39 Å². The number of nitriles is 1. The van der Waals surface area contributed by atoms with Crippen LogP contribution in [0.3, 0.4) is 0 Å². The first-order valence-corrected chi connectivity index (χ1v) is 11.9. The molecule has 0 atom stereocenters. The van der Waals surface area contributed by atoms with Gasteiger partial charge in [0.15, 0.2) is 0 Å². The van der Waals surface area contributed by atoms with Gasteiger partial charge in [0.1, 0.15) is 11.6 Å². The van der Waals surface area contributed by atoms with E-state index in [0.717, 1.165) is 12.1 Å². The van der Waals surface area contributed by atoms with Crippen molar-refractivity contribution in [2.45, 2.75) is 58.1 Å². The second kappa shape index (κ2) is 9.08. The largest absolute Gasteiger partial charge is 0.393 e.